The summed E-state index contributed by atoms with van der Waals surface area (Å²) in [4.78, 5) is 47.1. The predicted octanol–water partition coefficient (Wildman–Crippen LogP) is 3.37. The second kappa shape index (κ2) is 13.1. The number of carbonyl (C=O) groups is 2. The molecule has 1 saturated heterocycles. The minimum Gasteiger partial charge on any atom is -0.493 e. The first-order chi connectivity index (χ1) is 20.4. The molecule has 0 spiro atoms. The van der Waals surface area contributed by atoms with E-state index in [2.05, 4.69) is 11.9 Å². The lowest BCUT2D eigenvalue weighted by molar-refractivity contribution is -0.143. The highest BCUT2D eigenvalue weighted by Gasteiger charge is 2.47. The third-order valence-corrected chi connectivity index (χ3v) is 8.04. The van der Waals surface area contributed by atoms with Crippen molar-refractivity contribution in [3.05, 3.63) is 77.0 Å². The van der Waals surface area contributed by atoms with Gasteiger partial charge in [-0.2, -0.15) is 0 Å². The molecule has 0 radical (unpaired) electrons. The van der Waals surface area contributed by atoms with Gasteiger partial charge in [0.25, 0.3) is 0 Å². The van der Waals surface area contributed by atoms with Crippen LogP contribution in [0.2, 0.25) is 0 Å². The fraction of sp³-hybridized carbons (Fsp3) is 0.419. The van der Waals surface area contributed by atoms with Crippen molar-refractivity contribution < 1.29 is 28.9 Å². The third-order valence-electron chi connectivity index (χ3n) is 8.04. The lowest BCUT2D eigenvalue weighted by Gasteiger charge is -2.29. The van der Waals surface area contributed by atoms with E-state index in [9.17, 15) is 19.5 Å². The Kier molecular flexibility index (Phi) is 9.06. The summed E-state index contributed by atoms with van der Waals surface area (Å²) in [6.07, 6.45) is 7.12. The summed E-state index contributed by atoms with van der Waals surface area (Å²) in [7, 11) is 1.53. The quantitative estimate of drug-likeness (QED) is 0.346. The molecule has 2 aliphatic heterocycles. The first-order valence-electron chi connectivity index (χ1n) is 14.2. The Labute approximate surface area is 244 Å². The van der Waals surface area contributed by atoms with Crippen LogP contribution in [0.5, 0.6) is 17.2 Å². The summed E-state index contributed by atoms with van der Waals surface area (Å²) in [6, 6.07) is 11.7. The SMILES string of the molecule is CCCCN(C(=O)CN1C[C@H](c2cc(OC)c3c(c2)OCO3)C(C(=O)O)[C@@H]1CCn1ccccc1=O)c1cccnc1. The average molecular weight is 577 g/mol. The van der Waals surface area contributed by atoms with E-state index in [1.807, 2.05) is 11.0 Å². The number of fused-ring (bicyclic) bond motifs is 1. The van der Waals surface area contributed by atoms with Gasteiger partial charge in [-0.25, -0.2) is 0 Å². The minimum atomic E-state index is -0.966. The summed E-state index contributed by atoms with van der Waals surface area (Å²) in [6.45, 7) is 3.32. The molecule has 0 bridgehead atoms. The maximum absolute atomic E-state index is 13.9. The summed E-state index contributed by atoms with van der Waals surface area (Å²) in [5.74, 6) is -0.950. The van der Waals surface area contributed by atoms with E-state index < -0.39 is 23.8 Å². The maximum atomic E-state index is 13.9. The number of amides is 1. The Morgan fingerprint density at radius 2 is 2.05 bits per heavy atom. The molecule has 1 fully saturated rings. The summed E-state index contributed by atoms with van der Waals surface area (Å²) in [5, 5.41) is 10.6. The second-order valence-corrected chi connectivity index (χ2v) is 10.6. The number of likely N-dealkylation sites (tertiary alicyclic amines) is 1. The number of carbonyl (C=O) groups excluding carboxylic acids is 1. The molecular weight excluding hydrogens is 540 g/mol. The zero-order valence-electron chi connectivity index (χ0n) is 23.8. The standard InChI is InChI=1S/C31H36N4O7/c1-3-4-13-35(22-8-7-11-32-17-22)28(37)19-34-18-23(21-15-25(40-2)30-26(16-21)41-20-42-30)29(31(38)39)24(34)10-14-33-12-6-5-9-27(33)36/h5-9,11-12,15-17,23-24,29H,3-4,10,13-14,18-20H2,1-2H3,(H,38,39)/t23-,24+,29?/m1/s1. The monoisotopic (exact) mass is 576 g/mol. The van der Waals surface area contributed by atoms with Gasteiger partial charge in [-0.1, -0.05) is 19.4 Å². The van der Waals surface area contributed by atoms with Crippen molar-refractivity contribution in [2.45, 2.75) is 44.7 Å². The number of aliphatic carboxylic acids is 1. The number of rotatable bonds is 12. The van der Waals surface area contributed by atoms with E-state index in [1.165, 1.54) is 13.2 Å². The Hall–Kier alpha value is -4.38. The maximum Gasteiger partial charge on any atom is 0.308 e. The number of ether oxygens (including phenoxy) is 3. The normalized spacial score (nSPS) is 19.5. The number of aromatic nitrogens is 2. The van der Waals surface area contributed by atoms with Crippen LogP contribution < -0.4 is 24.7 Å². The zero-order valence-corrected chi connectivity index (χ0v) is 23.8. The molecule has 1 unspecified atom stereocenters. The first kappa shape index (κ1) is 29.1. The number of pyridine rings is 2. The molecule has 11 heteroatoms. The summed E-state index contributed by atoms with van der Waals surface area (Å²) >= 11 is 0. The number of unbranched alkanes of at least 4 members (excludes halogenated alkanes) is 1. The summed E-state index contributed by atoms with van der Waals surface area (Å²) < 4.78 is 18.3. The number of carboxylic acids is 1. The lowest BCUT2D eigenvalue weighted by Crippen LogP contribution is -2.45. The molecule has 11 nitrogen and oxygen atoms in total. The van der Waals surface area contributed by atoms with Gasteiger partial charge >= 0.3 is 5.97 Å². The largest absolute Gasteiger partial charge is 0.493 e. The molecule has 4 heterocycles. The van der Waals surface area contributed by atoms with Crippen LogP contribution in [0.15, 0.2) is 65.8 Å². The van der Waals surface area contributed by atoms with Crippen molar-refractivity contribution in [1.82, 2.24) is 14.5 Å². The smallest absolute Gasteiger partial charge is 0.308 e. The van der Waals surface area contributed by atoms with E-state index in [-0.39, 0.29) is 24.8 Å². The molecule has 1 N–H and O–H groups in total. The van der Waals surface area contributed by atoms with Crippen molar-refractivity contribution in [3.63, 3.8) is 0 Å². The summed E-state index contributed by atoms with van der Waals surface area (Å²) in [5.41, 5.74) is 1.27. The molecule has 5 rings (SSSR count). The van der Waals surface area contributed by atoms with Crippen molar-refractivity contribution in [3.8, 4) is 17.2 Å². The predicted molar refractivity (Wildman–Crippen MR) is 155 cm³/mol. The van der Waals surface area contributed by atoms with Crippen LogP contribution in [0.25, 0.3) is 0 Å². The number of nitrogens with zero attached hydrogens (tertiary/aromatic N) is 4. The topological polar surface area (TPSA) is 123 Å². The van der Waals surface area contributed by atoms with E-state index in [1.54, 1.807) is 58.4 Å². The highest BCUT2D eigenvalue weighted by Crippen LogP contribution is 2.47. The number of aryl methyl sites for hydroxylation is 1. The molecule has 1 amide bonds. The molecule has 1 aromatic carbocycles. The highest BCUT2D eigenvalue weighted by atomic mass is 16.7. The molecule has 0 saturated carbocycles. The van der Waals surface area contributed by atoms with E-state index in [4.69, 9.17) is 14.2 Å². The van der Waals surface area contributed by atoms with Crippen molar-refractivity contribution in [2.24, 2.45) is 5.92 Å². The van der Waals surface area contributed by atoms with Gasteiger partial charge in [0.05, 0.1) is 31.5 Å². The van der Waals surface area contributed by atoms with Gasteiger partial charge in [0.2, 0.25) is 24.0 Å². The van der Waals surface area contributed by atoms with Crippen LogP contribution in [0.4, 0.5) is 5.69 Å². The molecule has 3 atom stereocenters. The van der Waals surface area contributed by atoms with E-state index >= 15 is 0 Å². The Bertz CT molecular complexity index is 1460. The molecule has 222 valence electrons. The van der Waals surface area contributed by atoms with Crippen molar-refractivity contribution in [2.75, 3.05) is 38.4 Å². The van der Waals surface area contributed by atoms with Crippen LogP contribution >= 0.6 is 0 Å². The Balaban J connectivity index is 1.48. The van der Waals surface area contributed by atoms with Gasteiger partial charge in [0.15, 0.2) is 11.5 Å². The number of anilines is 1. The average Bonchev–Trinajstić information content (AvgIpc) is 3.62. The van der Waals surface area contributed by atoms with E-state index in [0.717, 1.165) is 18.4 Å². The second-order valence-electron chi connectivity index (χ2n) is 10.6. The Morgan fingerprint density at radius 1 is 1.19 bits per heavy atom. The molecule has 2 aliphatic rings. The van der Waals surface area contributed by atoms with Crippen LogP contribution in [-0.4, -0.2) is 71.0 Å². The molecule has 3 aromatic rings. The molecule has 42 heavy (non-hydrogen) atoms. The van der Waals surface area contributed by atoms with E-state index in [0.29, 0.717) is 49.0 Å². The van der Waals surface area contributed by atoms with Crippen LogP contribution in [0.1, 0.15) is 37.7 Å². The fourth-order valence-corrected chi connectivity index (χ4v) is 5.96. The van der Waals surface area contributed by atoms with Gasteiger partial charge in [-0.15, -0.1) is 0 Å². The third kappa shape index (κ3) is 6.11. The molecule has 0 aliphatic carbocycles. The van der Waals surface area contributed by atoms with Gasteiger partial charge in [0, 0.05) is 50.1 Å². The van der Waals surface area contributed by atoms with Gasteiger partial charge in [0.1, 0.15) is 0 Å². The number of hydrogen-bond donors (Lipinski definition) is 1. The van der Waals surface area contributed by atoms with Crippen molar-refractivity contribution >= 4 is 17.6 Å². The van der Waals surface area contributed by atoms with Gasteiger partial charge in [-0.3, -0.25) is 24.3 Å². The fourth-order valence-electron chi connectivity index (χ4n) is 5.96. The number of carboxylic acid groups (broad SMARTS) is 1. The van der Waals surface area contributed by atoms with Crippen molar-refractivity contribution in [1.29, 1.82) is 0 Å². The van der Waals surface area contributed by atoms with Gasteiger partial charge in [-0.05, 0) is 48.7 Å². The van der Waals surface area contributed by atoms with Gasteiger partial charge < -0.3 is 28.8 Å². The zero-order chi connectivity index (χ0) is 29.6. The number of benzene rings is 1. The minimum absolute atomic E-state index is 0.0227. The van der Waals surface area contributed by atoms with Crippen LogP contribution in [0.3, 0.4) is 0 Å². The molecular formula is C31H36N4O7. The lowest BCUT2D eigenvalue weighted by atomic mass is 9.84. The first-order valence-corrected chi connectivity index (χ1v) is 14.2. The Morgan fingerprint density at radius 3 is 2.76 bits per heavy atom. The molecule has 2 aromatic heterocycles. The highest BCUT2D eigenvalue weighted by molar-refractivity contribution is 5.94. The number of methoxy groups -OCH3 is 1. The van der Waals surface area contributed by atoms with Crippen LogP contribution in [-0.2, 0) is 16.1 Å². The van der Waals surface area contributed by atoms with Crippen LogP contribution in [0, 0.1) is 5.92 Å². The number of hydrogen-bond acceptors (Lipinski definition) is 8.